The zero-order chi connectivity index (χ0) is 14.9. The molecule has 7 heteroatoms. The average molecular weight is 278 g/mol. The van der Waals surface area contributed by atoms with Crippen LogP contribution in [-0.4, -0.2) is 36.0 Å². The van der Waals surface area contributed by atoms with E-state index in [0.717, 1.165) is 0 Å². The number of hydrogen-bond donors (Lipinski definition) is 2. The standard InChI is InChI=1S/C13H18N4O3/c1-8-6-16(7-9(2)15-8)12-5-10(13(14)18)3-4-11(12)17(19)20/h3-5,8-9,15H,6-7H2,1-2H3,(H2,14,18). The van der Waals surface area contributed by atoms with Gasteiger partial charge in [-0.1, -0.05) is 0 Å². The van der Waals surface area contributed by atoms with Crippen LogP contribution in [0.4, 0.5) is 11.4 Å². The zero-order valence-corrected chi connectivity index (χ0v) is 11.5. The summed E-state index contributed by atoms with van der Waals surface area (Å²) in [4.78, 5) is 23.9. The van der Waals surface area contributed by atoms with Crippen molar-refractivity contribution in [2.75, 3.05) is 18.0 Å². The molecule has 0 saturated carbocycles. The third-order valence-electron chi connectivity index (χ3n) is 3.35. The number of amides is 1. The van der Waals surface area contributed by atoms with E-state index in [1.807, 2.05) is 18.7 Å². The lowest BCUT2D eigenvalue weighted by Gasteiger charge is -2.37. The summed E-state index contributed by atoms with van der Waals surface area (Å²) < 4.78 is 0. The molecule has 0 bridgehead atoms. The Morgan fingerprint density at radius 1 is 1.40 bits per heavy atom. The number of anilines is 1. The van der Waals surface area contributed by atoms with Crippen molar-refractivity contribution in [3.05, 3.63) is 33.9 Å². The number of primary amides is 1. The minimum absolute atomic E-state index is 0.00343. The van der Waals surface area contributed by atoms with E-state index in [4.69, 9.17) is 5.73 Å². The van der Waals surface area contributed by atoms with Crippen molar-refractivity contribution < 1.29 is 9.72 Å². The largest absolute Gasteiger partial charge is 0.366 e. The number of carbonyl (C=O) groups is 1. The molecule has 2 atom stereocenters. The van der Waals surface area contributed by atoms with E-state index < -0.39 is 10.8 Å². The molecule has 3 N–H and O–H groups in total. The van der Waals surface area contributed by atoms with E-state index >= 15 is 0 Å². The molecule has 0 radical (unpaired) electrons. The van der Waals surface area contributed by atoms with Gasteiger partial charge in [0, 0.05) is 36.8 Å². The Balaban J connectivity index is 2.43. The first-order chi connectivity index (χ1) is 9.38. The molecule has 20 heavy (non-hydrogen) atoms. The van der Waals surface area contributed by atoms with Crippen molar-refractivity contribution in [2.24, 2.45) is 5.73 Å². The molecule has 1 aromatic carbocycles. The van der Waals surface area contributed by atoms with E-state index in [1.165, 1.54) is 18.2 Å². The van der Waals surface area contributed by atoms with Crippen LogP contribution in [0.15, 0.2) is 18.2 Å². The third kappa shape index (κ3) is 2.88. The van der Waals surface area contributed by atoms with Gasteiger partial charge in [-0.05, 0) is 26.0 Å². The van der Waals surface area contributed by atoms with Gasteiger partial charge in [-0.25, -0.2) is 0 Å². The fraction of sp³-hybridized carbons (Fsp3) is 0.462. The predicted molar refractivity (Wildman–Crippen MR) is 75.9 cm³/mol. The molecule has 2 rings (SSSR count). The smallest absolute Gasteiger partial charge is 0.292 e. The number of nitrogens with zero attached hydrogens (tertiary/aromatic N) is 2. The van der Waals surface area contributed by atoms with Gasteiger partial charge in [-0.15, -0.1) is 0 Å². The Morgan fingerprint density at radius 3 is 2.50 bits per heavy atom. The average Bonchev–Trinajstić information content (AvgIpc) is 2.36. The molecule has 1 aromatic rings. The molecule has 1 aliphatic heterocycles. The molecular formula is C13H18N4O3. The van der Waals surface area contributed by atoms with Crippen molar-refractivity contribution in [1.82, 2.24) is 5.32 Å². The van der Waals surface area contributed by atoms with Gasteiger partial charge >= 0.3 is 0 Å². The number of nitro groups is 1. The van der Waals surface area contributed by atoms with Crippen molar-refractivity contribution in [3.8, 4) is 0 Å². The van der Waals surface area contributed by atoms with Gasteiger partial charge in [-0.3, -0.25) is 14.9 Å². The number of hydrogen-bond acceptors (Lipinski definition) is 5. The molecule has 2 unspecified atom stereocenters. The van der Waals surface area contributed by atoms with Gasteiger partial charge in [0.1, 0.15) is 5.69 Å². The first-order valence-electron chi connectivity index (χ1n) is 6.47. The van der Waals surface area contributed by atoms with Crippen LogP contribution in [0, 0.1) is 10.1 Å². The lowest BCUT2D eigenvalue weighted by molar-refractivity contribution is -0.384. The number of nitrogens with one attached hydrogen (secondary N) is 1. The number of nitro benzene ring substituents is 1. The molecule has 7 nitrogen and oxygen atoms in total. The van der Waals surface area contributed by atoms with Crippen LogP contribution in [-0.2, 0) is 0 Å². The zero-order valence-electron chi connectivity index (χ0n) is 11.5. The van der Waals surface area contributed by atoms with Gasteiger partial charge in [0.05, 0.1) is 4.92 Å². The molecule has 108 valence electrons. The monoisotopic (exact) mass is 278 g/mol. The van der Waals surface area contributed by atoms with Crippen molar-refractivity contribution in [2.45, 2.75) is 25.9 Å². The van der Waals surface area contributed by atoms with E-state index in [1.54, 1.807) is 0 Å². The molecular weight excluding hydrogens is 260 g/mol. The lowest BCUT2D eigenvalue weighted by Crippen LogP contribution is -2.54. The summed E-state index contributed by atoms with van der Waals surface area (Å²) in [5.41, 5.74) is 5.98. The number of nitrogens with two attached hydrogens (primary N) is 1. The maximum atomic E-state index is 11.3. The van der Waals surface area contributed by atoms with Crippen molar-refractivity contribution in [1.29, 1.82) is 0 Å². The Morgan fingerprint density at radius 2 is 2.00 bits per heavy atom. The van der Waals surface area contributed by atoms with Crippen LogP contribution in [0.5, 0.6) is 0 Å². The molecule has 0 spiro atoms. The van der Waals surface area contributed by atoms with E-state index in [2.05, 4.69) is 5.32 Å². The van der Waals surface area contributed by atoms with Crippen LogP contribution in [0.2, 0.25) is 0 Å². The minimum Gasteiger partial charge on any atom is -0.366 e. The SMILES string of the molecule is CC1CN(c2cc(C(N)=O)ccc2[N+](=O)[O-])CC(C)N1. The first kappa shape index (κ1) is 14.3. The van der Waals surface area contributed by atoms with Crippen LogP contribution >= 0.6 is 0 Å². The Kier molecular flexibility index (Phi) is 3.89. The van der Waals surface area contributed by atoms with Crippen molar-refractivity contribution >= 4 is 17.3 Å². The molecule has 0 aliphatic carbocycles. The second kappa shape index (κ2) is 5.46. The van der Waals surface area contributed by atoms with Crippen LogP contribution in [0.25, 0.3) is 0 Å². The fourth-order valence-corrected chi connectivity index (χ4v) is 2.61. The molecule has 1 aliphatic rings. The molecule has 1 fully saturated rings. The van der Waals surface area contributed by atoms with Gasteiger partial charge in [-0.2, -0.15) is 0 Å². The molecule has 0 aromatic heterocycles. The van der Waals surface area contributed by atoms with E-state index in [-0.39, 0.29) is 23.3 Å². The summed E-state index contributed by atoms with van der Waals surface area (Å²) >= 11 is 0. The Hall–Kier alpha value is -2.15. The predicted octanol–water partition coefficient (Wildman–Crippen LogP) is 0.880. The summed E-state index contributed by atoms with van der Waals surface area (Å²) in [6, 6.07) is 4.67. The number of benzene rings is 1. The summed E-state index contributed by atoms with van der Waals surface area (Å²) in [7, 11) is 0. The highest BCUT2D eigenvalue weighted by molar-refractivity contribution is 5.94. The topological polar surface area (TPSA) is 102 Å². The van der Waals surface area contributed by atoms with Gasteiger partial charge < -0.3 is 16.0 Å². The molecule has 1 amide bonds. The highest BCUT2D eigenvalue weighted by Gasteiger charge is 2.27. The number of rotatable bonds is 3. The van der Waals surface area contributed by atoms with Crippen LogP contribution < -0.4 is 16.0 Å². The van der Waals surface area contributed by atoms with Crippen LogP contribution in [0.1, 0.15) is 24.2 Å². The highest BCUT2D eigenvalue weighted by atomic mass is 16.6. The quantitative estimate of drug-likeness (QED) is 0.631. The second-order valence-corrected chi connectivity index (χ2v) is 5.20. The second-order valence-electron chi connectivity index (χ2n) is 5.20. The third-order valence-corrected chi connectivity index (χ3v) is 3.35. The van der Waals surface area contributed by atoms with E-state index in [0.29, 0.717) is 18.8 Å². The molecule has 1 heterocycles. The van der Waals surface area contributed by atoms with Gasteiger partial charge in [0.2, 0.25) is 5.91 Å². The first-order valence-corrected chi connectivity index (χ1v) is 6.47. The van der Waals surface area contributed by atoms with Gasteiger partial charge in [0.25, 0.3) is 5.69 Å². The summed E-state index contributed by atoms with van der Waals surface area (Å²) in [5.74, 6) is -0.586. The number of carbonyl (C=O) groups excluding carboxylic acids is 1. The maximum absolute atomic E-state index is 11.3. The lowest BCUT2D eigenvalue weighted by atomic mass is 10.1. The fourth-order valence-electron chi connectivity index (χ4n) is 2.61. The Labute approximate surface area is 116 Å². The Bertz CT molecular complexity index is 536. The van der Waals surface area contributed by atoms with E-state index in [9.17, 15) is 14.9 Å². The van der Waals surface area contributed by atoms with Crippen molar-refractivity contribution in [3.63, 3.8) is 0 Å². The summed E-state index contributed by atoms with van der Waals surface area (Å²) in [6.07, 6.45) is 0. The minimum atomic E-state index is -0.586. The summed E-state index contributed by atoms with van der Waals surface area (Å²) in [5, 5.41) is 14.5. The van der Waals surface area contributed by atoms with Gasteiger partial charge in [0.15, 0.2) is 0 Å². The normalized spacial score (nSPS) is 22.6. The maximum Gasteiger partial charge on any atom is 0.292 e. The number of piperazine rings is 1. The summed E-state index contributed by atoms with van der Waals surface area (Å²) in [6.45, 7) is 5.33. The highest BCUT2D eigenvalue weighted by Crippen LogP contribution is 2.30. The van der Waals surface area contributed by atoms with Crippen LogP contribution in [0.3, 0.4) is 0 Å². The molecule has 1 saturated heterocycles.